The molecule has 1 heterocycles. The molecule has 1 aromatic carbocycles. The molecule has 0 aliphatic carbocycles. The summed E-state index contributed by atoms with van der Waals surface area (Å²) in [6.07, 6.45) is 0.238. The van der Waals surface area contributed by atoms with Gasteiger partial charge in [0.1, 0.15) is 0 Å². The first-order valence-electron chi connectivity index (χ1n) is 6.32. The molecule has 4 nitrogen and oxygen atoms in total. The van der Waals surface area contributed by atoms with E-state index >= 15 is 0 Å². The van der Waals surface area contributed by atoms with Gasteiger partial charge in [-0.05, 0) is 17.7 Å². The second-order valence-corrected chi connectivity index (χ2v) is 5.07. The molecule has 19 heavy (non-hydrogen) atoms. The molecule has 1 aliphatic rings. The van der Waals surface area contributed by atoms with Gasteiger partial charge in [-0.15, -0.1) is 0 Å². The van der Waals surface area contributed by atoms with Crippen molar-refractivity contribution in [2.24, 2.45) is 0 Å². The van der Waals surface area contributed by atoms with Crippen LogP contribution in [0.2, 0.25) is 5.02 Å². The van der Waals surface area contributed by atoms with E-state index < -0.39 is 0 Å². The van der Waals surface area contributed by atoms with Crippen LogP contribution in [0.3, 0.4) is 0 Å². The van der Waals surface area contributed by atoms with Crippen molar-refractivity contribution in [1.82, 2.24) is 4.90 Å². The summed E-state index contributed by atoms with van der Waals surface area (Å²) >= 11 is 5.87. The van der Waals surface area contributed by atoms with Gasteiger partial charge in [-0.3, -0.25) is 9.69 Å². The molecule has 0 spiro atoms. The van der Waals surface area contributed by atoms with Crippen molar-refractivity contribution in [1.29, 1.82) is 0 Å². The molecule has 1 fully saturated rings. The second kappa shape index (κ2) is 6.89. The van der Waals surface area contributed by atoms with Crippen LogP contribution in [0.5, 0.6) is 0 Å². The predicted octanol–water partition coefficient (Wildman–Crippen LogP) is 2.10. The average Bonchev–Trinajstić information content (AvgIpc) is 2.42. The zero-order valence-corrected chi connectivity index (χ0v) is 11.7. The van der Waals surface area contributed by atoms with Gasteiger partial charge in [0.25, 0.3) is 0 Å². The Hall–Kier alpha value is -1.10. The Kier molecular flexibility index (Phi) is 5.19. The molecule has 1 saturated heterocycles. The van der Waals surface area contributed by atoms with Gasteiger partial charge < -0.3 is 9.47 Å². The lowest BCUT2D eigenvalue weighted by Crippen LogP contribution is -2.42. The number of esters is 1. The van der Waals surface area contributed by atoms with Crippen LogP contribution >= 0.6 is 11.6 Å². The molecule has 0 amide bonds. The lowest BCUT2D eigenvalue weighted by molar-refractivity contribution is -0.145. The smallest absolute Gasteiger partial charge is 0.308 e. The highest BCUT2D eigenvalue weighted by atomic mass is 35.5. The topological polar surface area (TPSA) is 38.8 Å². The minimum Gasteiger partial charge on any atom is -0.469 e. The van der Waals surface area contributed by atoms with Crippen molar-refractivity contribution < 1.29 is 14.3 Å². The SMILES string of the molecule is COC(=O)CC1CN(Cc2ccc(Cl)cc2)CCO1. The molecule has 0 radical (unpaired) electrons. The summed E-state index contributed by atoms with van der Waals surface area (Å²) in [4.78, 5) is 13.5. The lowest BCUT2D eigenvalue weighted by atomic mass is 10.1. The highest BCUT2D eigenvalue weighted by Crippen LogP contribution is 2.15. The molecule has 0 N–H and O–H groups in total. The maximum absolute atomic E-state index is 11.2. The Morgan fingerprint density at radius 1 is 1.47 bits per heavy atom. The third-order valence-electron chi connectivity index (χ3n) is 3.16. The van der Waals surface area contributed by atoms with Crippen molar-refractivity contribution in [3.05, 3.63) is 34.9 Å². The normalized spacial score (nSPS) is 20.2. The highest BCUT2D eigenvalue weighted by molar-refractivity contribution is 6.30. The summed E-state index contributed by atoms with van der Waals surface area (Å²) in [6, 6.07) is 7.83. The van der Waals surface area contributed by atoms with Gasteiger partial charge in [-0.2, -0.15) is 0 Å². The lowest BCUT2D eigenvalue weighted by Gasteiger charge is -2.32. The number of rotatable bonds is 4. The summed E-state index contributed by atoms with van der Waals surface area (Å²) < 4.78 is 10.2. The van der Waals surface area contributed by atoms with E-state index in [-0.39, 0.29) is 12.1 Å². The van der Waals surface area contributed by atoms with Gasteiger partial charge in [0.2, 0.25) is 0 Å². The van der Waals surface area contributed by atoms with E-state index in [4.69, 9.17) is 16.3 Å². The van der Waals surface area contributed by atoms with Crippen LogP contribution in [-0.2, 0) is 20.8 Å². The Morgan fingerprint density at radius 2 is 2.21 bits per heavy atom. The third kappa shape index (κ3) is 4.49. The molecule has 104 valence electrons. The number of hydrogen-bond acceptors (Lipinski definition) is 4. The average molecular weight is 284 g/mol. The van der Waals surface area contributed by atoms with Gasteiger partial charge in [-0.1, -0.05) is 23.7 Å². The summed E-state index contributed by atoms with van der Waals surface area (Å²) in [5.41, 5.74) is 1.21. The molecule has 1 unspecified atom stereocenters. The third-order valence-corrected chi connectivity index (χ3v) is 3.42. The van der Waals surface area contributed by atoms with Gasteiger partial charge in [-0.25, -0.2) is 0 Å². The Labute approximate surface area is 118 Å². The molecular formula is C14H18ClNO3. The monoisotopic (exact) mass is 283 g/mol. The summed E-state index contributed by atoms with van der Waals surface area (Å²) in [7, 11) is 1.40. The number of morpholine rings is 1. The minimum atomic E-state index is -0.224. The Balaban J connectivity index is 1.87. The number of hydrogen-bond donors (Lipinski definition) is 0. The number of carbonyl (C=O) groups is 1. The molecule has 0 bridgehead atoms. The summed E-state index contributed by atoms with van der Waals surface area (Å²) in [5, 5.41) is 0.745. The fourth-order valence-electron chi connectivity index (χ4n) is 2.16. The number of benzene rings is 1. The van der Waals surface area contributed by atoms with Gasteiger partial charge in [0, 0.05) is 24.7 Å². The fraction of sp³-hybridized carbons (Fsp3) is 0.500. The standard InChI is InChI=1S/C14H18ClNO3/c1-18-14(17)8-13-10-16(6-7-19-13)9-11-2-4-12(15)5-3-11/h2-5,13H,6-10H2,1H3. The highest BCUT2D eigenvalue weighted by Gasteiger charge is 2.23. The predicted molar refractivity (Wildman–Crippen MR) is 73.1 cm³/mol. The zero-order chi connectivity index (χ0) is 13.7. The van der Waals surface area contributed by atoms with Gasteiger partial charge in [0.05, 0.1) is 26.2 Å². The quantitative estimate of drug-likeness (QED) is 0.794. The van der Waals surface area contributed by atoms with Crippen molar-refractivity contribution in [2.75, 3.05) is 26.8 Å². The Morgan fingerprint density at radius 3 is 2.89 bits per heavy atom. The van der Waals surface area contributed by atoms with Crippen LogP contribution in [0, 0.1) is 0 Å². The van der Waals surface area contributed by atoms with Gasteiger partial charge in [0.15, 0.2) is 0 Å². The van der Waals surface area contributed by atoms with Crippen LogP contribution in [0.1, 0.15) is 12.0 Å². The largest absolute Gasteiger partial charge is 0.469 e. The molecular weight excluding hydrogens is 266 g/mol. The van der Waals surface area contributed by atoms with Crippen LogP contribution in [0.4, 0.5) is 0 Å². The van der Waals surface area contributed by atoms with Crippen LogP contribution in [-0.4, -0.2) is 43.8 Å². The second-order valence-electron chi connectivity index (χ2n) is 4.63. The van der Waals surface area contributed by atoms with E-state index in [2.05, 4.69) is 9.64 Å². The Bertz CT molecular complexity index is 421. The number of halogens is 1. The number of methoxy groups -OCH3 is 1. The van der Waals surface area contributed by atoms with E-state index in [1.807, 2.05) is 24.3 Å². The van der Waals surface area contributed by atoms with E-state index in [1.165, 1.54) is 12.7 Å². The molecule has 1 atom stereocenters. The van der Waals surface area contributed by atoms with Crippen molar-refractivity contribution >= 4 is 17.6 Å². The van der Waals surface area contributed by atoms with Crippen LogP contribution in [0.15, 0.2) is 24.3 Å². The number of carbonyl (C=O) groups excluding carboxylic acids is 1. The first-order chi connectivity index (χ1) is 9.17. The zero-order valence-electron chi connectivity index (χ0n) is 11.0. The number of nitrogens with zero attached hydrogens (tertiary/aromatic N) is 1. The first-order valence-corrected chi connectivity index (χ1v) is 6.70. The molecule has 1 aliphatic heterocycles. The maximum Gasteiger partial charge on any atom is 0.308 e. The van der Waals surface area contributed by atoms with Crippen LogP contribution in [0.25, 0.3) is 0 Å². The van der Waals surface area contributed by atoms with Crippen LogP contribution < -0.4 is 0 Å². The van der Waals surface area contributed by atoms with Crippen molar-refractivity contribution in [2.45, 2.75) is 19.1 Å². The maximum atomic E-state index is 11.2. The van der Waals surface area contributed by atoms with E-state index in [1.54, 1.807) is 0 Å². The molecule has 0 saturated carbocycles. The molecule has 2 rings (SSSR count). The van der Waals surface area contributed by atoms with Crippen molar-refractivity contribution in [3.63, 3.8) is 0 Å². The summed E-state index contributed by atoms with van der Waals surface area (Å²) in [5.74, 6) is -0.224. The molecule has 0 aromatic heterocycles. The number of ether oxygens (including phenoxy) is 2. The van der Waals surface area contributed by atoms with E-state index in [9.17, 15) is 4.79 Å². The summed E-state index contributed by atoms with van der Waals surface area (Å²) in [6.45, 7) is 3.12. The molecule has 1 aromatic rings. The van der Waals surface area contributed by atoms with Crippen molar-refractivity contribution in [3.8, 4) is 0 Å². The van der Waals surface area contributed by atoms with Gasteiger partial charge >= 0.3 is 5.97 Å². The minimum absolute atomic E-state index is 0.0755. The van der Waals surface area contributed by atoms with E-state index in [0.717, 1.165) is 24.7 Å². The molecule has 5 heteroatoms. The fourth-order valence-corrected chi connectivity index (χ4v) is 2.29. The van der Waals surface area contributed by atoms with E-state index in [0.29, 0.717) is 13.0 Å². The first kappa shape index (κ1) is 14.3.